The summed E-state index contributed by atoms with van der Waals surface area (Å²) < 4.78 is 0. The summed E-state index contributed by atoms with van der Waals surface area (Å²) >= 11 is 5.92. The Morgan fingerprint density at radius 2 is 2.20 bits per heavy atom. The zero-order chi connectivity index (χ0) is 7.78. The summed E-state index contributed by atoms with van der Waals surface area (Å²) in [7, 11) is 0. The Balaban J connectivity index is 2.51. The topological polar surface area (TPSA) is 0 Å². The molecule has 0 nitrogen and oxygen atoms in total. The van der Waals surface area contributed by atoms with Crippen LogP contribution in [-0.2, 0) is 0 Å². The van der Waals surface area contributed by atoms with Crippen molar-refractivity contribution in [2.75, 3.05) is 5.88 Å². The summed E-state index contributed by atoms with van der Waals surface area (Å²) in [6.45, 7) is 6.89. The molecule has 1 fully saturated rings. The standard InChI is InChI=1S/C9H17Cl/c1-4-7(2)9(6-10)5-8(9)3/h7-8H,4-6H2,1-3H3. The fourth-order valence-corrected chi connectivity index (χ4v) is 2.56. The van der Waals surface area contributed by atoms with Crippen molar-refractivity contribution in [3.8, 4) is 0 Å². The van der Waals surface area contributed by atoms with E-state index in [0.29, 0.717) is 5.41 Å². The van der Waals surface area contributed by atoms with Gasteiger partial charge in [-0.2, -0.15) is 0 Å². The van der Waals surface area contributed by atoms with E-state index in [4.69, 9.17) is 11.6 Å². The molecular formula is C9H17Cl. The van der Waals surface area contributed by atoms with Crippen molar-refractivity contribution < 1.29 is 0 Å². The van der Waals surface area contributed by atoms with Gasteiger partial charge < -0.3 is 0 Å². The third-order valence-corrected chi connectivity index (χ3v) is 3.85. The Kier molecular flexibility index (Phi) is 2.29. The van der Waals surface area contributed by atoms with Crippen molar-refractivity contribution in [1.82, 2.24) is 0 Å². The van der Waals surface area contributed by atoms with Crippen molar-refractivity contribution >= 4 is 11.6 Å². The lowest BCUT2D eigenvalue weighted by atomic mass is 9.88. The molecule has 0 aromatic rings. The van der Waals surface area contributed by atoms with Gasteiger partial charge in [0.05, 0.1) is 0 Å². The highest BCUT2D eigenvalue weighted by molar-refractivity contribution is 6.18. The molecule has 0 saturated heterocycles. The lowest BCUT2D eigenvalue weighted by molar-refractivity contribution is 0.333. The maximum atomic E-state index is 5.92. The molecule has 0 bridgehead atoms. The number of hydrogen-bond acceptors (Lipinski definition) is 0. The normalized spacial score (nSPS) is 41.4. The molecule has 10 heavy (non-hydrogen) atoms. The van der Waals surface area contributed by atoms with Crippen LogP contribution in [0, 0.1) is 17.3 Å². The van der Waals surface area contributed by atoms with E-state index in [1.807, 2.05) is 0 Å². The second-order valence-electron chi connectivity index (χ2n) is 3.78. The first kappa shape index (κ1) is 8.39. The minimum absolute atomic E-state index is 0.524. The zero-order valence-electron chi connectivity index (χ0n) is 7.15. The second-order valence-corrected chi connectivity index (χ2v) is 4.05. The Hall–Kier alpha value is 0.290. The van der Waals surface area contributed by atoms with Crippen molar-refractivity contribution in [3.05, 3.63) is 0 Å². The molecule has 1 aliphatic rings. The SMILES string of the molecule is CCC(C)C1(CCl)CC1C. The van der Waals surface area contributed by atoms with Gasteiger partial charge in [-0.3, -0.25) is 0 Å². The maximum Gasteiger partial charge on any atom is 0.0285 e. The lowest BCUT2D eigenvalue weighted by Crippen LogP contribution is -2.15. The Morgan fingerprint density at radius 1 is 1.70 bits per heavy atom. The molecule has 1 aliphatic carbocycles. The van der Waals surface area contributed by atoms with Crippen LogP contribution in [0.3, 0.4) is 0 Å². The molecule has 0 spiro atoms. The number of hydrogen-bond donors (Lipinski definition) is 0. The van der Waals surface area contributed by atoms with Crippen LogP contribution in [0.25, 0.3) is 0 Å². The summed E-state index contributed by atoms with van der Waals surface area (Å²) in [5, 5.41) is 0. The summed E-state index contributed by atoms with van der Waals surface area (Å²) in [5.41, 5.74) is 0.524. The highest BCUT2D eigenvalue weighted by Crippen LogP contribution is 2.58. The molecule has 0 N–H and O–H groups in total. The minimum atomic E-state index is 0.524. The predicted octanol–water partition coefficient (Wildman–Crippen LogP) is 3.30. The van der Waals surface area contributed by atoms with E-state index in [1.54, 1.807) is 0 Å². The quantitative estimate of drug-likeness (QED) is 0.556. The van der Waals surface area contributed by atoms with Crippen LogP contribution >= 0.6 is 11.6 Å². The Morgan fingerprint density at radius 3 is 2.30 bits per heavy atom. The molecule has 1 saturated carbocycles. The first-order chi connectivity index (χ1) is 4.67. The molecule has 0 amide bonds. The van der Waals surface area contributed by atoms with Crippen LogP contribution < -0.4 is 0 Å². The van der Waals surface area contributed by atoms with Gasteiger partial charge >= 0.3 is 0 Å². The van der Waals surface area contributed by atoms with Gasteiger partial charge in [-0.25, -0.2) is 0 Å². The highest BCUT2D eigenvalue weighted by Gasteiger charge is 2.52. The van der Waals surface area contributed by atoms with Gasteiger partial charge in [-0.15, -0.1) is 11.6 Å². The fourth-order valence-electron chi connectivity index (χ4n) is 1.92. The van der Waals surface area contributed by atoms with E-state index >= 15 is 0 Å². The average Bonchev–Trinajstić information content (AvgIpc) is 2.61. The van der Waals surface area contributed by atoms with Crippen LogP contribution in [0.2, 0.25) is 0 Å². The monoisotopic (exact) mass is 160 g/mol. The van der Waals surface area contributed by atoms with Crippen LogP contribution in [-0.4, -0.2) is 5.88 Å². The van der Waals surface area contributed by atoms with E-state index < -0.39 is 0 Å². The molecule has 0 aliphatic heterocycles. The van der Waals surface area contributed by atoms with Crippen LogP contribution in [0.5, 0.6) is 0 Å². The molecule has 0 radical (unpaired) electrons. The molecule has 3 unspecified atom stereocenters. The molecule has 0 aromatic carbocycles. The van der Waals surface area contributed by atoms with Crippen LogP contribution in [0.4, 0.5) is 0 Å². The van der Waals surface area contributed by atoms with Crippen LogP contribution in [0.1, 0.15) is 33.6 Å². The van der Waals surface area contributed by atoms with Gasteiger partial charge in [-0.1, -0.05) is 27.2 Å². The highest BCUT2D eigenvalue weighted by atomic mass is 35.5. The summed E-state index contributed by atoms with van der Waals surface area (Å²) in [6, 6.07) is 0. The first-order valence-electron chi connectivity index (χ1n) is 4.23. The molecule has 0 aromatic heterocycles. The maximum absolute atomic E-state index is 5.92. The van der Waals surface area contributed by atoms with E-state index in [2.05, 4.69) is 20.8 Å². The van der Waals surface area contributed by atoms with Gasteiger partial charge in [0.2, 0.25) is 0 Å². The molecule has 0 heterocycles. The molecule has 1 heteroatoms. The summed E-state index contributed by atoms with van der Waals surface area (Å²) in [6.07, 6.45) is 2.63. The van der Waals surface area contributed by atoms with Crippen molar-refractivity contribution in [1.29, 1.82) is 0 Å². The smallest absolute Gasteiger partial charge is 0.0285 e. The van der Waals surface area contributed by atoms with Gasteiger partial charge in [0, 0.05) is 5.88 Å². The largest absolute Gasteiger partial charge is 0.126 e. The fraction of sp³-hybridized carbons (Fsp3) is 1.00. The number of alkyl halides is 1. The van der Waals surface area contributed by atoms with Gasteiger partial charge in [0.25, 0.3) is 0 Å². The Bertz CT molecular complexity index is 118. The van der Waals surface area contributed by atoms with E-state index in [-0.39, 0.29) is 0 Å². The third-order valence-electron chi connectivity index (χ3n) is 3.35. The summed E-state index contributed by atoms with van der Waals surface area (Å²) in [4.78, 5) is 0. The van der Waals surface area contributed by atoms with Crippen LogP contribution in [0.15, 0.2) is 0 Å². The van der Waals surface area contributed by atoms with Crippen molar-refractivity contribution in [2.45, 2.75) is 33.6 Å². The summed E-state index contributed by atoms with van der Waals surface area (Å²) in [5.74, 6) is 2.56. The number of rotatable bonds is 3. The molecule has 60 valence electrons. The zero-order valence-corrected chi connectivity index (χ0v) is 7.91. The predicted molar refractivity (Wildman–Crippen MR) is 46.4 cm³/mol. The first-order valence-corrected chi connectivity index (χ1v) is 4.76. The Labute approximate surface area is 69.0 Å². The molecule has 1 rings (SSSR count). The van der Waals surface area contributed by atoms with Gasteiger partial charge in [0.15, 0.2) is 0 Å². The van der Waals surface area contributed by atoms with Gasteiger partial charge in [-0.05, 0) is 23.7 Å². The molecular weight excluding hydrogens is 144 g/mol. The van der Waals surface area contributed by atoms with E-state index in [1.165, 1.54) is 12.8 Å². The van der Waals surface area contributed by atoms with E-state index in [0.717, 1.165) is 17.7 Å². The number of halogens is 1. The minimum Gasteiger partial charge on any atom is -0.126 e. The average molecular weight is 161 g/mol. The van der Waals surface area contributed by atoms with Crippen molar-refractivity contribution in [3.63, 3.8) is 0 Å². The second kappa shape index (κ2) is 2.73. The molecule has 3 atom stereocenters. The third kappa shape index (κ3) is 1.07. The van der Waals surface area contributed by atoms with E-state index in [9.17, 15) is 0 Å². The van der Waals surface area contributed by atoms with Crippen molar-refractivity contribution in [2.24, 2.45) is 17.3 Å². The lowest BCUT2D eigenvalue weighted by Gasteiger charge is -2.20. The van der Waals surface area contributed by atoms with Gasteiger partial charge in [0.1, 0.15) is 0 Å².